The van der Waals surface area contributed by atoms with Crippen molar-refractivity contribution in [2.75, 3.05) is 0 Å². The molecule has 1 atom stereocenters. The van der Waals surface area contributed by atoms with Crippen LogP contribution in [0.2, 0.25) is 0 Å². The fourth-order valence-electron chi connectivity index (χ4n) is 0.278. The Morgan fingerprint density at radius 1 is 1.56 bits per heavy atom. The Balaban J connectivity index is 3.63. The summed E-state index contributed by atoms with van der Waals surface area (Å²) in [6, 6.07) is 0. The second-order valence-corrected chi connectivity index (χ2v) is 1.52. The number of aliphatic hydroxyl groups excluding tert-OH is 1. The Morgan fingerprint density at radius 2 is 2.00 bits per heavy atom. The van der Waals surface area contributed by atoms with E-state index in [0.29, 0.717) is 0 Å². The van der Waals surface area contributed by atoms with Crippen molar-refractivity contribution in [2.24, 2.45) is 5.73 Å². The molecule has 0 saturated heterocycles. The predicted octanol–water partition coefficient (Wildman–Crippen LogP) is -1.69. The van der Waals surface area contributed by atoms with Gasteiger partial charge in [-0.1, -0.05) is 0 Å². The van der Waals surface area contributed by atoms with Gasteiger partial charge in [0.05, 0.1) is 6.42 Å². The molecule has 4 N–H and O–H groups in total. The lowest BCUT2D eigenvalue weighted by molar-refractivity contribution is -0.148. The van der Waals surface area contributed by atoms with Crippen molar-refractivity contribution in [1.29, 1.82) is 0 Å². The summed E-state index contributed by atoms with van der Waals surface area (Å²) in [7, 11) is 0. The van der Waals surface area contributed by atoms with E-state index in [1.54, 1.807) is 0 Å². The lowest BCUT2D eigenvalue weighted by Gasteiger charge is -1.98. The van der Waals surface area contributed by atoms with Crippen LogP contribution in [0.4, 0.5) is 0 Å². The highest BCUT2D eigenvalue weighted by atomic mass is 16.4. The topological polar surface area (TPSA) is 101 Å². The van der Waals surface area contributed by atoms with Crippen LogP contribution in [-0.2, 0) is 9.59 Å². The summed E-state index contributed by atoms with van der Waals surface area (Å²) in [6.45, 7) is 0. The van der Waals surface area contributed by atoms with E-state index in [-0.39, 0.29) is 0 Å². The van der Waals surface area contributed by atoms with Gasteiger partial charge < -0.3 is 15.9 Å². The molecular formula is C4H7NO4. The van der Waals surface area contributed by atoms with Crippen LogP contribution in [0.15, 0.2) is 0 Å². The highest BCUT2D eigenvalue weighted by molar-refractivity contribution is 5.82. The number of primary amides is 1. The van der Waals surface area contributed by atoms with Gasteiger partial charge in [-0.25, -0.2) is 4.79 Å². The minimum absolute atomic E-state index is 0.532. The molecule has 0 aromatic rings. The van der Waals surface area contributed by atoms with Gasteiger partial charge in [-0.05, 0) is 0 Å². The lowest BCUT2D eigenvalue weighted by Crippen LogP contribution is -2.26. The maximum absolute atomic E-state index is 9.91. The van der Waals surface area contributed by atoms with E-state index in [0.717, 1.165) is 0 Å². The molecule has 9 heavy (non-hydrogen) atoms. The molecular weight excluding hydrogens is 126 g/mol. The normalized spacial score (nSPS) is 12.6. The number of hydrogen-bond acceptors (Lipinski definition) is 3. The fraction of sp³-hybridized carbons (Fsp3) is 0.500. The Labute approximate surface area is 51.1 Å². The summed E-state index contributed by atoms with van der Waals surface area (Å²) in [4.78, 5) is 19.7. The van der Waals surface area contributed by atoms with Crippen molar-refractivity contribution in [1.82, 2.24) is 0 Å². The van der Waals surface area contributed by atoms with Crippen molar-refractivity contribution in [3.05, 3.63) is 0 Å². The maximum Gasteiger partial charge on any atom is 0.333 e. The van der Waals surface area contributed by atoms with Gasteiger partial charge in [-0.15, -0.1) is 0 Å². The van der Waals surface area contributed by atoms with Crippen molar-refractivity contribution < 1.29 is 19.8 Å². The number of carboxylic acids is 1. The lowest BCUT2D eigenvalue weighted by atomic mass is 10.2. The van der Waals surface area contributed by atoms with Crippen LogP contribution in [-0.4, -0.2) is 28.2 Å². The quantitative estimate of drug-likeness (QED) is 0.427. The second kappa shape index (κ2) is 3.03. The van der Waals surface area contributed by atoms with Crippen LogP contribution in [0.3, 0.4) is 0 Å². The van der Waals surface area contributed by atoms with Crippen LogP contribution in [0.1, 0.15) is 6.42 Å². The van der Waals surface area contributed by atoms with Crippen molar-refractivity contribution >= 4 is 11.9 Å². The SMILES string of the molecule is NC(=O)C[C@H](O)C(=O)O. The first-order valence-electron chi connectivity index (χ1n) is 2.23. The van der Waals surface area contributed by atoms with Crippen LogP contribution < -0.4 is 5.73 Å². The molecule has 0 aromatic carbocycles. The van der Waals surface area contributed by atoms with Crippen LogP contribution in [0.5, 0.6) is 0 Å². The summed E-state index contributed by atoms with van der Waals surface area (Å²) in [6.07, 6.45) is -2.20. The van der Waals surface area contributed by atoms with Crippen molar-refractivity contribution in [3.63, 3.8) is 0 Å². The number of nitrogens with two attached hydrogens (primary N) is 1. The van der Waals surface area contributed by atoms with Crippen LogP contribution in [0.25, 0.3) is 0 Å². The third-order valence-corrected chi connectivity index (χ3v) is 0.680. The molecule has 0 bridgehead atoms. The third kappa shape index (κ3) is 3.48. The van der Waals surface area contributed by atoms with E-state index in [1.165, 1.54) is 0 Å². The van der Waals surface area contributed by atoms with E-state index < -0.39 is 24.4 Å². The summed E-state index contributed by atoms with van der Waals surface area (Å²) in [5, 5.41) is 16.4. The number of aliphatic carboxylic acids is 1. The summed E-state index contributed by atoms with van der Waals surface area (Å²) in [5.74, 6) is -2.27. The fourth-order valence-corrected chi connectivity index (χ4v) is 0.278. The molecule has 0 aliphatic rings. The number of carbonyl (C=O) groups is 2. The van der Waals surface area contributed by atoms with Gasteiger partial charge in [-0.2, -0.15) is 0 Å². The van der Waals surface area contributed by atoms with E-state index in [9.17, 15) is 9.59 Å². The molecule has 1 amide bonds. The molecule has 0 rings (SSSR count). The first kappa shape index (κ1) is 7.90. The Morgan fingerprint density at radius 3 is 2.11 bits per heavy atom. The smallest absolute Gasteiger partial charge is 0.333 e. The zero-order valence-electron chi connectivity index (χ0n) is 4.57. The van der Waals surface area contributed by atoms with E-state index in [4.69, 9.17) is 10.2 Å². The number of hydrogen-bond donors (Lipinski definition) is 3. The van der Waals surface area contributed by atoms with Gasteiger partial charge in [0.15, 0.2) is 6.10 Å². The van der Waals surface area contributed by atoms with Gasteiger partial charge >= 0.3 is 5.97 Å². The number of carbonyl (C=O) groups excluding carboxylic acids is 1. The monoisotopic (exact) mass is 133 g/mol. The largest absolute Gasteiger partial charge is 0.479 e. The van der Waals surface area contributed by atoms with Gasteiger partial charge in [0.2, 0.25) is 5.91 Å². The zero-order chi connectivity index (χ0) is 7.44. The minimum atomic E-state index is -1.66. The molecule has 5 nitrogen and oxygen atoms in total. The summed E-state index contributed by atoms with van der Waals surface area (Å²) < 4.78 is 0. The molecule has 0 radical (unpaired) electrons. The first-order chi connectivity index (χ1) is 4.04. The number of amides is 1. The minimum Gasteiger partial charge on any atom is -0.479 e. The molecule has 0 saturated carbocycles. The molecule has 0 aliphatic carbocycles. The van der Waals surface area contributed by atoms with E-state index >= 15 is 0 Å². The van der Waals surface area contributed by atoms with Crippen molar-refractivity contribution in [2.45, 2.75) is 12.5 Å². The molecule has 0 heterocycles. The molecule has 0 aromatic heterocycles. The average molecular weight is 133 g/mol. The highest BCUT2D eigenvalue weighted by Crippen LogP contribution is 1.88. The Bertz CT molecular complexity index is 133. The molecule has 0 unspecified atom stereocenters. The van der Waals surface area contributed by atoms with Crippen LogP contribution in [0, 0.1) is 0 Å². The van der Waals surface area contributed by atoms with Gasteiger partial charge in [0.25, 0.3) is 0 Å². The second-order valence-electron chi connectivity index (χ2n) is 1.52. The zero-order valence-corrected chi connectivity index (χ0v) is 4.57. The molecule has 52 valence electrons. The number of rotatable bonds is 3. The first-order valence-corrected chi connectivity index (χ1v) is 2.23. The summed E-state index contributed by atoms with van der Waals surface area (Å²) in [5.41, 5.74) is 4.57. The van der Waals surface area contributed by atoms with E-state index in [1.807, 2.05) is 0 Å². The van der Waals surface area contributed by atoms with Gasteiger partial charge in [-0.3, -0.25) is 4.79 Å². The molecule has 0 fully saturated rings. The number of aliphatic hydroxyl groups is 1. The maximum atomic E-state index is 9.91. The van der Waals surface area contributed by atoms with E-state index in [2.05, 4.69) is 5.73 Å². The summed E-state index contributed by atoms with van der Waals surface area (Å²) >= 11 is 0. The number of carboxylic acid groups (broad SMARTS) is 1. The third-order valence-electron chi connectivity index (χ3n) is 0.680. The van der Waals surface area contributed by atoms with Gasteiger partial charge in [0.1, 0.15) is 0 Å². The average Bonchev–Trinajstić information content (AvgIpc) is 1.63. The molecule has 0 aliphatic heterocycles. The molecule has 5 heteroatoms. The van der Waals surface area contributed by atoms with Crippen molar-refractivity contribution in [3.8, 4) is 0 Å². The predicted molar refractivity (Wildman–Crippen MR) is 27.5 cm³/mol. The standard InChI is InChI=1S/C4H7NO4/c5-3(7)1-2(6)4(8)9/h2,6H,1H2,(H2,5,7)(H,8,9)/t2-/m0/s1. The highest BCUT2D eigenvalue weighted by Gasteiger charge is 2.14. The van der Waals surface area contributed by atoms with Gasteiger partial charge in [0, 0.05) is 0 Å². The Hall–Kier alpha value is -1.10. The van der Waals surface area contributed by atoms with Crippen LogP contribution >= 0.6 is 0 Å². The Kier molecular flexibility index (Phi) is 2.66. The molecule has 0 spiro atoms.